The maximum atomic E-state index is 13.4. The molecule has 0 aliphatic carbocycles. The van der Waals surface area contributed by atoms with Crippen molar-refractivity contribution in [2.45, 2.75) is 26.8 Å². The molecule has 1 unspecified atom stereocenters. The Morgan fingerprint density at radius 2 is 1.72 bits per heavy atom. The van der Waals surface area contributed by atoms with E-state index in [4.69, 9.17) is 16.3 Å². The number of halogens is 1. The van der Waals surface area contributed by atoms with Gasteiger partial charge in [0.25, 0.3) is 11.7 Å². The molecule has 0 spiro atoms. The summed E-state index contributed by atoms with van der Waals surface area (Å²) in [6, 6.07) is 19.1. The lowest BCUT2D eigenvalue weighted by molar-refractivity contribution is -0.132. The summed E-state index contributed by atoms with van der Waals surface area (Å²) in [5.74, 6) is -1.29. The van der Waals surface area contributed by atoms with Gasteiger partial charge in [-0.1, -0.05) is 35.9 Å². The van der Waals surface area contributed by atoms with Gasteiger partial charge in [0, 0.05) is 30.0 Å². The first-order chi connectivity index (χ1) is 17.3. The van der Waals surface area contributed by atoms with E-state index in [1.807, 2.05) is 49.4 Å². The Balaban J connectivity index is 1.90. The fraction of sp³-hybridized carbons (Fsp3) is 0.241. The highest BCUT2D eigenvalue weighted by molar-refractivity contribution is 6.51. The van der Waals surface area contributed by atoms with Gasteiger partial charge in [-0.3, -0.25) is 14.5 Å². The van der Waals surface area contributed by atoms with Crippen molar-refractivity contribution in [3.63, 3.8) is 0 Å². The fourth-order valence-corrected chi connectivity index (χ4v) is 4.88. The number of methoxy groups -OCH3 is 1. The van der Waals surface area contributed by atoms with E-state index in [1.54, 1.807) is 18.2 Å². The first kappa shape index (κ1) is 25.3. The van der Waals surface area contributed by atoms with E-state index < -0.39 is 17.7 Å². The van der Waals surface area contributed by atoms with Crippen molar-refractivity contribution in [3.8, 4) is 5.75 Å². The van der Waals surface area contributed by atoms with E-state index in [0.717, 1.165) is 24.3 Å². The number of aryl methyl sites for hydroxylation is 1. The average Bonchev–Trinajstić information content (AvgIpc) is 3.15. The van der Waals surface area contributed by atoms with Gasteiger partial charge in [-0.2, -0.15) is 0 Å². The molecule has 0 saturated carbocycles. The van der Waals surface area contributed by atoms with Crippen LogP contribution in [0.2, 0.25) is 5.02 Å². The molecular weight excluding hydrogens is 476 g/mol. The Bertz CT molecular complexity index is 1330. The zero-order chi connectivity index (χ0) is 26.0. The smallest absolute Gasteiger partial charge is 0.300 e. The van der Waals surface area contributed by atoms with Crippen molar-refractivity contribution in [2.75, 3.05) is 30.0 Å². The van der Waals surface area contributed by atoms with Crippen molar-refractivity contribution in [1.82, 2.24) is 0 Å². The third-order valence-corrected chi connectivity index (χ3v) is 6.78. The first-order valence-corrected chi connectivity index (χ1v) is 12.2. The van der Waals surface area contributed by atoms with Crippen LogP contribution in [0.25, 0.3) is 5.76 Å². The van der Waals surface area contributed by atoms with Crippen molar-refractivity contribution in [3.05, 3.63) is 94.0 Å². The summed E-state index contributed by atoms with van der Waals surface area (Å²) < 4.78 is 5.21. The largest absolute Gasteiger partial charge is 0.507 e. The van der Waals surface area contributed by atoms with Crippen molar-refractivity contribution < 1.29 is 19.4 Å². The van der Waals surface area contributed by atoms with Crippen LogP contribution in [0.1, 0.15) is 36.6 Å². The van der Waals surface area contributed by atoms with Gasteiger partial charge in [0.2, 0.25) is 0 Å². The number of hydrogen-bond acceptors (Lipinski definition) is 5. The molecule has 1 heterocycles. The zero-order valence-electron chi connectivity index (χ0n) is 20.8. The highest BCUT2D eigenvalue weighted by atomic mass is 35.5. The number of ketones is 1. The summed E-state index contributed by atoms with van der Waals surface area (Å²) in [6.45, 7) is 7.81. The minimum absolute atomic E-state index is 0.0123. The number of nitrogens with zero attached hydrogens (tertiary/aromatic N) is 2. The maximum absolute atomic E-state index is 13.4. The van der Waals surface area contributed by atoms with E-state index in [9.17, 15) is 14.7 Å². The van der Waals surface area contributed by atoms with Gasteiger partial charge in [-0.15, -0.1) is 0 Å². The van der Waals surface area contributed by atoms with E-state index in [-0.39, 0.29) is 16.4 Å². The van der Waals surface area contributed by atoms with Gasteiger partial charge in [0.1, 0.15) is 11.5 Å². The SMILES string of the molecule is CCN(CC)c1ccc(C2/C(=C(/O)c3ccc(OC)c(Cl)c3)C(=O)C(=O)N2c2cccc(C)c2)cc1. The highest BCUT2D eigenvalue weighted by Crippen LogP contribution is 2.43. The molecule has 36 heavy (non-hydrogen) atoms. The van der Waals surface area contributed by atoms with Crippen molar-refractivity contribution in [1.29, 1.82) is 0 Å². The van der Waals surface area contributed by atoms with Crippen molar-refractivity contribution in [2.24, 2.45) is 0 Å². The maximum Gasteiger partial charge on any atom is 0.300 e. The van der Waals surface area contributed by atoms with E-state index in [1.165, 1.54) is 18.1 Å². The number of carbonyl (C=O) groups excluding carboxylic acids is 2. The number of amides is 1. The van der Waals surface area contributed by atoms with Gasteiger partial charge >= 0.3 is 0 Å². The predicted molar refractivity (Wildman–Crippen MR) is 144 cm³/mol. The number of anilines is 2. The Kier molecular flexibility index (Phi) is 7.36. The molecular formula is C29H29ClN2O4. The summed E-state index contributed by atoms with van der Waals surface area (Å²) in [5.41, 5.74) is 3.63. The normalized spacial score (nSPS) is 16.9. The summed E-state index contributed by atoms with van der Waals surface area (Å²) in [7, 11) is 1.50. The van der Waals surface area contributed by atoms with Gasteiger partial charge in [-0.05, 0) is 74.4 Å². The molecule has 186 valence electrons. The van der Waals surface area contributed by atoms with E-state index in [2.05, 4.69) is 18.7 Å². The molecule has 0 bridgehead atoms. The zero-order valence-corrected chi connectivity index (χ0v) is 21.5. The molecule has 0 aromatic heterocycles. The number of Topliss-reactive ketones (excluding diaryl/α,β-unsaturated/α-hetero) is 1. The molecule has 3 aromatic carbocycles. The van der Waals surface area contributed by atoms with E-state index in [0.29, 0.717) is 22.6 Å². The molecule has 0 radical (unpaired) electrons. The molecule has 1 aliphatic rings. The fourth-order valence-electron chi connectivity index (χ4n) is 4.62. The van der Waals surface area contributed by atoms with Crippen LogP contribution in [0.3, 0.4) is 0 Å². The van der Waals surface area contributed by atoms with Gasteiger partial charge in [0.05, 0.1) is 23.7 Å². The molecule has 1 aliphatic heterocycles. The number of hydrogen-bond donors (Lipinski definition) is 1. The third-order valence-electron chi connectivity index (χ3n) is 6.49. The van der Waals surface area contributed by atoms with Gasteiger partial charge < -0.3 is 14.7 Å². The summed E-state index contributed by atoms with van der Waals surface area (Å²) in [4.78, 5) is 30.4. The Morgan fingerprint density at radius 1 is 1.03 bits per heavy atom. The number of carbonyl (C=O) groups is 2. The molecule has 6 nitrogen and oxygen atoms in total. The van der Waals surface area contributed by atoms with Crippen LogP contribution in [0.15, 0.2) is 72.3 Å². The molecule has 1 saturated heterocycles. The van der Waals surface area contributed by atoms with Crippen LogP contribution in [-0.4, -0.2) is 37.0 Å². The first-order valence-electron chi connectivity index (χ1n) is 11.9. The van der Waals surface area contributed by atoms with Crippen molar-refractivity contribution >= 4 is 40.4 Å². The number of ether oxygens (including phenoxy) is 1. The summed E-state index contributed by atoms with van der Waals surface area (Å²) >= 11 is 6.29. The van der Waals surface area contributed by atoms with Crippen LogP contribution in [0.5, 0.6) is 5.75 Å². The quantitative estimate of drug-likeness (QED) is 0.238. The van der Waals surface area contributed by atoms with Crippen LogP contribution >= 0.6 is 11.6 Å². The van der Waals surface area contributed by atoms with Crippen LogP contribution in [0.4, 0.5) is 11.4 Å². The average molecular weight is 505 g/mol. The second-order valence-electron chi connectivity index (χ2n) is 8.62. The monoisotopic (exact) mass is 504 g/mol. The lowest BCUT2D eigenvalue weighted by Gasteiger charge is -2.27. The van der Waals surface area contributed by atoms with Crippen LogP contribution in [0, 0.1) is 6.92 Å². The number of aliphatic hydroxyl groups excluding tert-OH is 1. The topological polar surface area (TPSA) is 70.1 Å². The highest BCUT2D eigenvalue weighted by Gasteiger charge is 2.47. The minimum atomic E-state index is -0.807. The summed E-state index contributed by atoms with van der Waals surface area (Å²) in [6.07, 6.45) is 0. The predicted octanol–water partition coefficient (Wildman–Crippen LogP) is 6.13. The van der Waals surface area contributed by atoms with Gasteiger partial charge in [0.15, 0.2) is 0 Å². The lowest BCUT2D eigenvalue weighted by atomic mass is 9.94. The second kappa shape index (κ2) is 10.5. The Hall–Kier alpha value is -3.77. The number of rotatable bonds is 7. The van der Waals surface area contributed by atoms with Gasteiger partial charge in [-0.25, -0.2) is 0 Å². The third kappa shape index (κ3) is 4.56. The molecule has 3 aromatic rings. The minimum Gasteiger partial charge on any atom is -0.507 e. The molecule has 1 atom stereocenters. The molecule has 1 fully saturated rings. The van der Waals surface area contributed by atoms with Crippen LogP contribution < -0.4 is 14.5 Å². The summed E-state index contributed by atoms with van der Waals surface area (Å²) in [5, 5.41) is 11.6. The molecule has 1 N–H and O–H groups in total. The Labute approximate surface area is 216 Å². The second-order valence-corrected chi connectivity index (χ2v) is 9.03. The molecule has 1 amide bonds. The standard InChI is InChI=1S/C29H29ClN2O4/c1-5-31(6-2)21-13-10-19(11-14-21)26-25(27(33)20-12-15-24(36-4)23(30)17-20)28(34)29(35)32(26)22-9-7-8-18(3)16-22/h7-17,26,33H,5-6H2,1-4H3/b27-25-. The number of aliphatic hydroxyl groups is 1. The van der Waals surface area contributed by atoms with Crippen LogP contribution in [-0.2, 0) is 9.59 Å². The number of benzene rings is 3. The van der Waals surface area contributed by atoms with E-state index >= 15 is 0 Å². The molecule has 4 rings (SSSR count). The molecule has 7 heteroatoms. The lowest BCUT2D eigenvalue weighted by Crippen LogP contribution is -2.29. The Morgan fingerprint density at radius 3 is 2.31 bits per heavy atom.